The first-order valence-corrected chi connectivity index (χ1v) is 11.3. The van der Waals surface area contributed by atoms with Crippen molar-refractivity contribution in [3.05, 3.63) is 12.2 Å². The third-order valence-corrected chi connectivity index (χ3v) is 6.73. The molecular weight excluding hydrogens is 300 g/mol. The maximum Gasteiger partial charge on any atom is -0.0325 e. The van der Waals surface area contributed by atoms with Crippen molar-refractivity contribution >= 4 is 0 Å². The summed E-state index contributed by atoms with van der Waals surface area (Å²) in [7, 11) is 0. The molecule has 0 fully saturated rings. The van der Waals surface area contributed by atoms with Crippen LogP contribution in [0.3, 0.4) is 0 Å². The molecule has 0 nitrogen and oxygen atoms in total. The number of hydrogen-bond acceptors (Lipinski definition) is 0. The van der Waals surface area contributed by atoms with Gasteiger partial charge in [-0.25, -0.2) is 0 Å². The quantitative estimate of drug-likeness (QED) is 0.230. The standard InChI is InChI=1S/C25H50/c1-10-20(3)16-14-12-13-15-17-21(4)18-19-24(25(7,8)9)23(6)22(5)11-2/h13,15,20-24H,10-12,14,16-19H2,1-9H3/b15-13-. The zero-order valence-electron chi connectivity index (χ0n) is 19.2. The highest BCUT2D eigenvalue weighted by atomic mass is 14.4. The van der Waals surface area contributed by atoms with Crippen LogP contribution < -0.4 is 0 Å². The van der Waals surface area contributed by atoms with Gasteiger partial charge in [0.25, 0.3) is 0 Å². The van der Waals surface area contributed by atoms with Crippen LogP contribution in [0.4, 0.5) is 0 Å². The Balaban J connectivity index is 4.24. The molecule has 0 aliphatic carbocycles. The molecule has 0 saturated carbocycles. The average molecular weight is 351 g/mol. The smallest absolute Gasteiger partial charge is 0.0325 e. The van der Waals surface area contributed by atoms with Gasteiger partial charge in [0.05, 0.1) is 0 Å². The van der Waals surface area contributed by atoms with Gasteiger partial charge in [0.1, 0.15) is 0 Å². The third-order valence-electron chi connectivity index (χ3n) is 6.73. The molecular formula is C25H50. The van der Waals surface area contributed by atoms with Crippen LogP contribution >= 0.6 is 0 Å². The fourth-order valence-corrected chi connectivity index (χ4v) is 4.07. The summed E-state index contributed by atoms with van der Waals surface area (Å²) in [4.78, 5) is 0. The lowest BCUT2D eigenvalue weighted by Crippen LogP contribution is -2.30. The van der Waals surface area contributed by atoms with E-state index < -0.39 is 0 Å². The average Bonchev–Trinajstić information content (AvgIpc) is 2.55. The second-order valence-electron chi connectivity index (χ2n) is 10.1. The van der Waals surface area contributed by atoms with Gasteiger partial charge in [0.15, 0.2) is 0 Å². The lowest BCUT2D eigenvalue weighted by atomic mass is 9.67. The van der Waals surface area contributed by atoms with Gasteiger partial charge in [-0.05, 0) is 60.7 Å². The first-order valence-electron chi connectivity index (χ1n) is 11.3. The minimum Gasteiger partial charge on any atom is -0.0885 e. The molecule has 0 heterocycles. The van der Waals surface area contributed by atoms with Gasteiger partial charge in [-0.1, -0.05) is 100 Å². The molecule has 0 aromatic carbocycles. The summed E-state index contributed by atoms with van der Waals surface area (Å²) in [5.74, 6) is 4.22. The first kappa shape index (κ1) is 24.7. The summed E-state index contributed by atoms with van der Waals surface area (Å²) in [6.07, 6.45) is 15.6. The highest BCUT2D eigenvalue weighted by Gasteiger charge is 2.31. The van der Waals surface area contributed by atoms with Crippen LogP contribution in [0, 0.1) is 35.0 Å². The normalized spacial score (nSPS) is 18.9. The van der Waals surface area contributed by atoms with E-state index in [1.165, 1.54) is 51.4 Å². The van der Waals surface area contributed by atoms with Crippen molar-refractivity contribution in [1.82, 2.24) is 0 Å². The maximum atomic E-state index is 2.49. The van der Waals surface area contributed by atoms with E-state index in [1.807, 2.05) is 0 Å². The van der Waals surface area contributed by atoms with Gasteiger partial charge >= 0.3 is 0 Å². The molecule has 0 aromatic rings. The van der Waals surface area contributed by atoms with Gasteiger partial charge < -0.3 is 0 Å². The van der Waals surface area contributed by atoms with E-state index in [4.69, 9.17) is 0 Å². The van der Waals surface area contributed by atoms with Crippen molar-refractivity contribution in [3.63, 3.8) is 0 Å². The molecule has 5 atom stereocenters. The number of hydrogen-bond donors (Lipinski definition) is 0. The lowest BCUT2D eigenvalue weighted by Gasteiger charge is -2.39. The molecule has 0 aliphatic heterocycles. The molecule has 0 aliphatic rings. The van der Waals surface area contributed by atoms with Crippen LogP contribution in [0.1, 0.15) is 114 Å². The molecule has 0 amide bonds. The van der Waals surface area contributed by atoms with Gasteiger partial charge in [-0.3, -0.25) is 0 Å². The largest absolute Gasteiger partial charge is 0.0885 e. The van der Waals surface area contributed by atoms with Crippen molar-refractivity contribution in [2.24, 2.45) is 35.0 Å². The van der Waals surface area contributed by atoms with Crippen LogP contribution in [-0.2, 0) is 0 Å². The zero-order valence-corrected chi connectivity index (χ0v) is 19.2. The zero-order chi connectivity index (χ0) is 19.5. The number of rotatable bonds is 13. The SMILES string of the molecule is CCC(C)CCC/C=C\CC(C)CCC(C(C)C(C)CC)C(C)(C)C. The van der Waals surface area contributed by atoms with E-state index in [1.54, 1.807) is 0 Å². The highest BCUT2D eigenvalue weighted by molar-refractivity contribution is 4.85. The summed E-state index contributed by atoms with van der Waals surface area (Å²) in [6.45, 7) is 21.7. The van der Waals surface area contributed by atoms with Crippen LogP contribution in [0.15, 0.2) is 12.2 Å². The summed E-state index contributed by atoms with van der Waals surface area (Å²) in [5, 5.41) is 0. The maximum absolute atomic E-state index is 2.49. The Bertz CT molecular complexity index is 332. The predicted octanol–water partition coefficient (Wildman–Crippen LogP) is 8.91. The fourth-order valence-electron chi connectivity index (χ4n) is 4.07. The highest BCUT2D eigenvalue weighted by Crippen LogP contribution is 2.40. The Morgan fingerprint density at radius 3 is 1.92 bits per heavy atom. The molecule has 0 spiro atoms. The minimum absolute atomic E-state index is 0.425. The molecule has 0 heteroatoms. The van der Waals surface area contributed by atoms with Gasteiger partial charge in [-0.15, -0.1) is 0 Å². The lowest BCUT2D eigenvalue weighted by molar-refractivity contribution is 0.110. The van der Waals surface area contributed by atoms with E-state index in [0.717, 1.165) is 29.6 Å². The van der Waals surface area contributed by atoms with Crippen molar-refractivity contribution in [2.75, 3.05) is 0 Å². The Labute approximate surface area is 161 Å². The molecule has 0 saturated heterocycles. The fraction of sp³-hybridized carbons (Fsp3) is 0.920. The van der Waals surface area contributed by atoms with Crippen LogP contribution in [0.5, 0.6) is 0 Å². The van der Waals surface area contributed by atoms with Gasteiger partial charge in [0, 0.05) is 0 Å². The van der Waals surface area contributed by atoms with E-state index >= 15 is 0 Å². The summed E-state index contributed by atoms with van der Waals surface area (Å²) < 4.78 is 0. The van der Waals surface area contributed by atoms with Crippen LogP contribution in [-0.4, -0.2) is 0 Å². The van der Waals surface area contributed by atoms with Crippen molar-refractivity contribution in [1.29, 1.82) is 0 Å². The molecule has 25 heavy (non-hydrogen) atoms. The Morgan fingerprint density at radius 1 is 0.760 bits per heavy atom. The monoisotopic (exact) mass is 350 g/mol. The Morgan fingerprint density at radius 2 is 1.40 bits per heavy atom. The summed E-state index contributed by atoms with van der Waals surface area (Å²) in [5.41, 5.74) is 0.425. The van der Waals surface area contributed by atoms with E-state index in [2.05, 4.69) is 74.5 Å². The van der Waals surface area contributed by atoms with E-state index in [0.29, 0.717) is 5.41 Å². The second-order valence-corrected chi connectivity index (χ2v) is 10.1. The molecule has 0 radical (unpaired) electrons. The van der Waals surface area contributed by atoms with Gasteiger partial charge in [-0.2, -0.15) is 0 Å². The third kappa shape index (κ3) is 11.1. The van der Waals surface area contributed by atoms with Gasteiger partial charge in [0.2, 0.25) is 0 Å². The number of unbranched alkanes of at least 4 members (excludes halogenated alkanes) is 1. The van der Waals surface area contributed by atoms with Crippen molar-refractivity contribution in [3.8, 4) is 0 Å². The molecule has 0 aromatic heterocycles. The Kier molecular flexibility index (Phi) is 12.9. The van der Waals surface area contributed by atoms with Crippen molar-refractivity contribution in [2.45, 2.75) is 114 Å². The van der Waals surface area contributed by atoms with Crippen molar-refractivity contribution < 1.29 is 0 Å². The first-order chi connectivity index (χ1) is 11.6. The molecule has 0 rings (SSSR count). The molecule has 150 valence electrons. The van der Waals surface area contributed by atoms with Crippen LogP contribution in [0.2, 0.25) is 0 Å². The summed E-state index contributed by atoms with van der Waals surface area (Å²) in [6, 6.07) is 0. The molecule has 0 N–H and O–H groups in total. The predicted molar refractivity (Wildman–Crippen MR) is 117 cm³/mol. The molecule has 0 bridgehead atoms. The Hall–Kier alpha value is -0.260. The van der Waals surface area contributed by atoms with Crippen LogP contribution in [0.25, 0.3) is 0 Å². The second kappa shape index (κ2) is 13.0. The molecule has 5 unspecified atom stereocenters. The minimum atomic E-state index is 0.425. The van der Waals surface area contributed by atoms with E-state index in [9.17, 15) is 0 Å². The summed E-state index contributed by atoms with van der Waals surface area (Å²) >= 11 is 0. The number of allylic oxidation sites excluding steroid dienone is 2. The topological polar surface area (TPSA) is 0 Å². The van der Waals surface area contributed by atoms with E-state index in [-0.39, 0.29) is 0 Å².